The molecule has 0 aromatic heterocycles. The number of nitrogens with two attached hydrogens (primary N) is 1. The molecule has 0 radical (unpaired) electrons. The largest absolute Gasteiger partial charge is 0.493 e. The van der Waals surface area contributed by atoms with Crippen molar-refractivity contribution in [1.29, 1.82) is 0 Å². The van der Waals surface area contributed by atoms with E-state index in [0.29, 0.717) is 0 Å². The summed E-state index contributed by atoms with van der Waals surface area (Å²) in [6.45, 7) is 0.789. The van der Waals surface area contributed by atoms with Crippen LogP contribution in [-0.2, 0) is 6.42 Å². The monoisotopic (exact) mass is 351 g/mol. The van der Waals surface area contributed by atoms with Crippen molar-refractivity contribution in [3.8, 4) is 5.75 Å². The first-order valence-electron chi connectivity index (χ1n) is 6.01. The summed E-state index contributed by atoms with van der Waals surface area (Å²) in [5.74, 6) is 1.01. The molecule has 0 bridgehead atoms. The summed E-state index contributed by atoms with van der Waals surface area (Å²) in [5.41, 5.74) is 9.91. The number of ether oxygens (including phenoxy) is 1. The van der Waals surface area contributed by atoms with Gasteiger partial charge in [-0.05, 0) is 57.5 Å². The van der Waals surface area contributed by atoms with Gasteiger partial charge < -0.3 is 10.5 Å². The van der Waals surface area contributed by atoms with Crippen LogP contribution in [0.4, 0.5) is 0 Å². The van der Waals surface area contributed by atoms with E-state index in [-0.39, 0.29) is 6.04 Å². The normalized spacial score (nSPS) is 15.0. The Labute approximate surface area is 120 Å². The van der Waals surface area contributed by atoms with Crippen molar-refractivity contribution in [2.45, 2.75) is 12.5 Å². The quantitative estimate of drug-likeness (QED) is 0.843. The van der Waals surface area contributed by atoms with Crippen LogP contribution < -0.4 is 10.5 Å². The van der Waals surface area contributed by atoms with Crippen molar-refractivity contribution in [1.82, 2.24) is 0 Å². The van der Waals surface area contributed by atoms with Crippen LogP contribution in [-0.4, -0.2) is 6.61 Å². The highest BCUT2D eigenvalue weighted by molar-refractivity contribution is 14.1. The van der Waals surface area contributed by atoms with Gasteiger partial charge in [0.2, 0.25) is 0 Å². The van der Waals surface area contributed by atoms with Crippen molar-refractivity contribution < 1.29 is 4.74 Å². The first-order chi connectivity index (χ1) is 8.74. The Morgan fingerprint density at radius 1 is 1.11 bits per heavy atom. The lowest BCUT2D eigenvalue weighted by Gasteiger charge is -2.14. The third-order valence-corrected chi connectivity index (χ3v) is 3.95. The van der Waals surface area contributed by atoms with Crippen LogP contribution in [0.3, 0.4) is 0 Å². The van der Waals surface area contributed by atoms with Crippen LogP contribution in [0.25, 0.3) is 0 Å². The molecule has 1 unspecified atom stereocenters. The van der Waals surface area contributed by atoms with Crippen LogP contribution >= 0.6 is 22.6 Å². The molecule has 18 heavy (non-hydrogen) atoms. The van der Waals surface area contributed by atoms with Gasteiger partial charge in [-0.2, -0.15) is 0 Å². The Balaban J connectivity index is 1.95. The van der Waals surface area contributed by atoms with Gasteiger partial charge >= 0.3 is 0 Å². The molecule has 0 aliphatic carbocycles. The zero-order valence-corrected chi connectivity index (χ0v) is 12.1. The van der Waals surface area contributed by atoms with E-state index >= 15 is 0 Å². The average Bonchev–Trinajstić information content (AvgIpc) is 2.85. The maximum absolute atomic E-state index is 6.34. The molecule has 0 fully saturated rings. The highest BCUT2D eigenvalue weighted by Gasteiger charge is 2.15. The second-order valence-corrected chi connectivity index (χ2v) is 5.74. The van der Waals surface area contributed by atoms with Crippen LogP contribution in [0.1, 0.15) is 22.7 Å². The minimum Gasteiger partial charge on any atom is -0.493 e. The Bertz CT molecular complexity index is 582. The topological polar surface area (TPSA) is 35.2 Å². The number of benzene rings is 2. The van der Waals surface area contributed by atoms with E-state index < -0.39 is 0 Å². The summed E-state index contributed by atoms with van der Waals surface area (Å²) in [6.07, 6.45) is 0.988. The molecule has 92 valence electrons. The predicted molar refractivity (Wildman–Crippen MR) is 80.8 cm³/mol. The SMILES string of the molecule is NC(c1cccc(I)c1)c1ccc2c(c1)CCO2. The molecular formula is C15H14INO. The van der Waals surface area contributed by atoms with E-state index in [1.807, 2.05) is 12.1 Å². The molecule has 3 rings (SSSR count). The minimum absolute atomic E-state index is 0.0642. The third kappa shape index (κ3) is 2.24. The standard InChI is InChI=1S/C15H14INO/c16-13-3-1-2-11(9-13)15(17)12-4-5-14-10(8-12)6-7-18-14/h1-5,8-9,15H,6-7,17H2. The summed E-state index contributed by atoms with van der Waals surface area (Å²) >= 11 is 2.31. The lowest BCUT2D eigenvalue weighted by atomic mass is 9.97. The summed E-state index contributed by atoms with van der Waals surface area (Å²) < 4.78 is 6.73. The van der Waals surface area contributed by atoms with Gasteiger partial charge in [0.15, 0.2) is 0 Å². The maximum Gasteiger partial charge on any atom is 0.122 e. The fourth-order valence-corrected chi connectivity index (χ4v) is 2.86. The lowest BCUT2D eigenvalue weighted by molar-refractivity contribution is 0.357. The second kappa shape index (κ2) is 4.90. The molecule has 0 saturated heterocycles. The Morgan fingerprint density at radius 3 is 2.78 bits per heavy atom. The van der Waals surface area contributed by atoms with Crippen LogP contribution in [0.2, 0.25) is 0 Å². The van der Waals surface area contributed by atoms with Crippen molar-refractivity contribution in [3.63, 3.8) is 0 Å². The molecule has 2 N–H and O–H groups in total. The van der Waals surface area contributed by atoms with Crippen molar-refractivity contribution in [2.75, 3.05) is 6.61 Å². The average molecular weight is 351 g/mol. The van der Waals surface area contributed by atoms with Gasteiger partial charge in [0.25, 0.3) is 0 Å². The van der Waals surface area contributed by atoms with Crippen molar-refractivity contribution in [3.05, 3.63) is 62.7 Å². The molecular weight excluding hydrogens is 337 g/mol. The highest BCUT2D eigenvalue weighted by Crippen LogP contribution is 2.29. The Morgan fingerprint density at radius 2 is 1.94 bits per heavy atom. The smallest absolute Gasteiger partial charge is 0.122 e. The van der Waals surface area contributed by atoms with Gasteiger partial charge in [-0.25, -0.2) is 0 Å². The Hall–Kier alpha value is -1.07. The fraction of sp³-hybridized carbons (Fsp3) is 0.200. The molecule has 3 heteroatoms. The molecule has 1 heterocycles. The first kappa shape index (κ1) is 12.0. The lowest BCUT2D eigenvalue weighted by Crippen LogP contribution is -2.12. The molecule has 0 amide bonds. The van der Waals surface area contributed by atoms with E-state index in [4.69, 9.17) is 10.5 Å². The summed E-state index contributed by atoms with van der Waals surface area (Å²) in [4.78, 5) is 0. The molecule has 0 saturated carbocycles. The maximum atomic E-state index is 6.34. The zero-order chi connectivity index (χ0) is 12.5. The number of halogens is 1. The van der Waals surface area contributed by atoms with E-state index in [1.165, 1.54) is 9.13 Å². The van der Waals surface area contributed by atoms with Crippen molar-refractivity contribution in [2.24, 2.45) is 5.73 Å². The summed E-state index contributed by atoms with van der Waals surface area (Å²) in [7, 11) is 0. The van der Waals surface area contributed by atoms with E-state index in [1.54, 1.807) is 0 Å². The third-order valence-electron chi connectivity index (χ3n) is 3.28. The fourth-order valence-electron chi connectivity index (χ4n) is 2.29. The first-order valence-corrected chi connectivity index (χ1v) is 7.08. The van der Waals surface area contributed by atoms with Gasteiger partial charge in [-0.3, -0.25) is 0 Å². The van der Waals surface area contributed by atoms with E-state index in [2.05, 4.69) is 52.9 Å². The number of rotatable bonds is 2. The van der Waals surface area contributed by atoms with Crippen molar-refractivity contribution >= 4 is 22.6 Å². The Kier molecular flexibility index (Phi) is 3.26. The second-order valence-electron chi connectivity index (χ2n) is 4.50. The predicted octanol–water partition coefficient (Wildman–Crippen LogP) is 3.27. The molecule has 1 aliphatic rings. The van der Waals surface area contributed by atoms with Gasteiger partial charge in [-0.15, -0.1) is 0 Å². The van der Waals surface area contributed by atoms with Crippen LogP contribution in [0, 0.1) is 3.57 Å². The molecule has 1 aliphatic heterocycles. The number of fused-ring (bicyclic) bond motifs is 1. The highest BCUT2D eigenvalue weighted by atomic mass is 127. The summed E-state index contributed by atoms with van der Waals surface area (Å²) in [5, 5.41) is 0. The van der Waals surface area contributed by atoms with Crippen LogP contribution in [0.5, 0.6) is 5.75 Å². The summed E-state index contributed by atoms with van der Waals surface area (Å²) in [6, 6.07) is 14.5. The minimum atomic E-state index is -0.0642. The van der Waals surface area contributed by atoms with Crippen LogP contribution in [0.15, 0.2) is 42.5 Å². The number of hydrogen-bond acceptors (Lipinski definition) is 2. The molecule has 1 atom stereocenters. The zero-order valence-electron chi connectivity index (χ0n) is 9.90. The van der Waals surface area contributed by atoms with Gasteiger partial charge in [0.1, 0.15) is 5.75 Å². The number of hydrogen-bond donors (Lipinski definition) is 1. The molecule has 2 aromatic carbocycles. The van der Waals surface area contributed by atoms with E-state index in [0.717, 1.165) is 29.9 Å². The van der Waals surface area contributed by atoms with Gasteiger partial charge in [0.05, 0.1) is 12.6 Å². The molecule has 2 aromatic rings. The van der Waals surface area contributed by atoms with Gasteiger partial charge in [-0.1, -0.05) is 24.3 Å². The van der Waals surface area contributed by atoms with E-state index in [9.17, 15) is 0 Å². The van der Waals surface area contributed by atoms with Gasteiger partial charge in [0, 0.05) is 9.99 Å². The molecule has 0 spiro atoms. The molecule has 2 nitrogen and oxygen atoms in total.